The topological polar surface area (TPSA) is 46.2 Å². The minimum Gasteiger partial charge on any atom is -0.346 e. The van der Waals surface area contributed by atoms with Gasteiger partial charge in [-0.15, -0.1) is 0 Å². The van der Waals surface area contributed by atoms with Gasteiger partial charge in [0.15, 0.2) is 5.78 Å². The number of amides is 1. The van der Waals surface area contributed by atoms with Gasteiger partial charge in [0.25, 0.3) is 0 Å². The summed E-state index contributed by atoms with van der Waals surface area (Å²) in [5, 5.41) is 2.79. The van der Waals surface area contributed by atoms with Crippen LogP contribution in [0.3, 0.4) is 0 Å². The molecule has 4 heteroatoms. The van der Waals surface area contributed by atoms with E-state index in [2.05, 4.69) is 21.2 Å². The number of hydrogen-bond acceptors (Lipinski definition) is 2. The smallest absolute Gasteiger partial charge is 0.224 e. The van der Waals surface area contributed by atoms with Gasteiger partial charge in [-0.3, -0.25) is 9.59 Å². The minimum atomic E-state index is -0.252. The molecule has 2 rings (SSSR count). The molecule has 0 unspecified atom stereocenters. The average Bonchev–Trinajstić information content (AvgIpc) is 2.68. The summed E-state index contributed by atoms with van der Waals surface area (Å²) >= 11 is 3.35. The monoisotopic (exact) mass is 295 g/mol. The number of nitrogens with one attached hydrogen (secondary N) is 1. The van der Waals surface area contributed by atoms with E-state index in [1.165, 1.54) is 0 Å². The number of benzene rings is 1. The van der Waals surface area contributed by atoms with Crippen LogP contribution < -0.4 is 5.32 Å². The zero-order chi connectivity index (χ0) is 12.3. The Bertz CT molecular complexity index is 428. The first-order valence-corrected chi connectivity index (χ1v) is 6.51. The molecule has 17 heavy (non-hydrogen) atoms. The van der Waals surface area contributed by atoms with E-state index >= 15 is 0 Å². The third-order valence-electron chi connectivity index (χ3n) is 2.92. The normalized spacial score (nSPS) is 19.4. The Balaban J connectivity index is 1.88. The van der Waals surface area contributed by atoms with Gasteiger partial charge in [-0.25, -0.2) is 0 Å². The van der Waals surface area contributed by atoms with Crippen LogP contribution in [-0.4, -0.2) is 17.7 Å². The van der Waals surface area contributed by atoms with Crippen LogP contribution in [-0.2, 0) is 16.0 Å². The van der Waals surface area contributed by atoms with Crippen molar-refractivity contribution in [3.8, 4) is 0 Å². The highest BCUT2D eigenvalue weighted by molar-refractivity contribution is 9.10. The van der Waals surface area contributed by atoms with Gasteiger partial charge < -0.3 is 5.32 Å². The lowest BCUT2D eigenvalue weighted by atomic mass is 10.1. The maximum atomic E-state index is 11.7. The number of halogens is 1. The molecule has 0 spiro atoms. The lowest BCUT2D eigenvalue weighted by molar-refractivity contribution is -0.126. The van der Waals surface area contributed by atoms with E-state index in [4.69, 9.17) is 0 Å². The molecule has 0 heterocycles. The maximum Gasteiger partial charge on any atom is 0.224 e. The number of carbonyl (C=O) groups is 2. The van der Waals surface area contributed by atoms with Gasteiger partial charge in [-0.1, -0.05) is 28.1 Å². The van der Waals surface area contributed by atoms with Crippen LogP contribution in [0.15, 0.2) is 28.7 Å². The Morgan fingerprint density at radius 1 is 1.35 bits per heavy atom. The molecule has 3 nitrogen and oxygen atoms in total. The summed E-state index contributed by atoms with van der Waals surface area (Å²) in [7, 11) is 0. The van der Waals surface area contributed by atoms with Crippen molar-refractivity contribution in [3.05, 3.63) is 34.3 Å². The summed E-state index contributed by atoms with van der Waals surface area (Å²) in [6.07, 6.45) is 2.60. The number of hydrogen-bond donors (Lipinski definition) is 1. The molecule has 0 saturated heterocycles. The molecular formula is C13H14BrNO2. The number of rotatable bonds is 3. The summed E-state index contributed by atoms with van der Waals surface area (Å²) in [5.41, 5.74) is 0.955. The maximum absolute atomic E-state index is 11.7. The lowest BCUT2D eigenvalue weighted by Gasteiger charge is -2.10. The zero-order valence-corrected chi connectivity index (χ0v) is 11.0. The molecule has 1 N–H and O–H groups in total. The van der Waals surface area contributed by atoms with E-state index in [0.29, 0.717) is 12.8 Å². The fourth-order valence-electron chi connectivity index (χ4n) is 2.00. The van der Waals surface area contributed by atoms with Crippen LogP contribution >= 0.6 is 15.9 Å². The Morgan fingerprint density at radius 2 is 2.06 bits per heavy atom. The van der Waals surface area contributed by atoms with E-state index in [-0.39, 0.29) is 17.7 Å². The van der Waals surface area contributed by atoms with Gasteiger partial charge in [0.2, 0.25) is 5.91 Å². The number of carbonyl (C=O) groups excluding carboxylic acids is 2. The number of Topliss-reactive ketones (excluding diaryl/α,β-unsaturated/α-hetero) is 1. The molecule has 1 saturated carbocycles. The van der Waals surface area contributed by atoms with E-state index < -0.39 is 0 Å². The Labute approximate surface area is 109 Å². The summed E-state index contributed by atoms with van der Waals surface area (Å²) in [4.78, 5) is 23.1. The van der Waals surface area contributed by atoms with Crippen LogP contribution in [0, 0.1) is 0 Å². The molecule has 1 aromatic rings. The molecule has 1 aromatic carbocycles. The quantitative estimate of drug-likeness (QED) is 0.929. The molecule has 0 aromatic heterocycles. The summed E-state index contributed by atoms with van der Waals surface area (Å²) in [6, 6.07) is 7.37. The third kappa shape index (κ3) is 3.40. The van der Waals surface area contributed by atoms with Crippen molar-refractivity contribution in [1.29, 1.82) is 0 Å². The summed E-state index contributed by atoms with van der Waals surface area (Å²) < 4.78 is 0.993. The van der Waals surface area contributed by atoms with Gasteiger partial charge in [-0.2, -0.15) is 0 Å². The Kier molecular flexibility index (Phi) is 3.94. The molecular weight excluding hydrogens is 282 g/mol. The highest BCUT2D eigenvalue weighted by Gasteiger charge is 2.25. The fraction of sp³-hybridized carbons (Fsp3) is 0.385. The average molecular weight is 296 g/mol. The van der Waals surface area contributed by atoms with Gasteiger partial charge in [0.1, 0.15) is 0 Å². The number of ketones is 1. The first kappa shape index (κ1) is 12.3. The largest absolute Gasteiger partial charge is 0.346 e. The van der Waals surface area contributed by atoms with E-state index in [1.54, 1.807) is 0 Å². The molecule has 1 aliphatic rings. The van der Waals surface area contributed by atoms with Crippen molar-refractivity contribution < 1.29 is 9.59 Å². The van der Waals surface area contributed by atoms with Crippen molar-refractivity contribution in [2.75, 3.05) is 0 Å². The van der Waals surface area contributed by atoms with Crippen molar-refractivity contribution in [3.63, 3.8) is 0 Å². The Hall–Kier alpha value is -1.16. The van der Waals surface area contributed by atoms with Crippen molar-refractivity contribution in [2.45, 2.75) is 31.7 Å². The highest BCUT2D eigenvalue weighted by atomic mass is 79.9. The standard InChI is InChI=1S/C13H14BrNO2/c14-10-6-4-9(5-7-10)8-13(17)15-11-2-1-3-12(11)16/h4-7,11H,1-3,8H2,(H,15,17)/t11-/m1/s1. The second-order valence-electron chi connectivity index (χ2n) is 4.28. The van der Waals surface area contributed by atoms with Gasteiger partial charge in [0.05, 0.1) is 12.5 Å². The van der Waals surface area contributed by atoms with Crippen LogP contribution in [0.4, 0.5) is 0 Å². The minimum absolute atomic E-state index is 0.0763. The fourth-order valence-corrected chi connectivity index (χ4v) is 2.27. The second kappa shape index (κ2) is 5.45. The van der Waals surface area contributed by atoms with Crippen LogP contribution in [0.2, 0.25) is 0 Å². The van der Waals surface area contributed by atoms with Crippen molar-refractivity contribution >= 4 is 27.6 Å². The van der Waals surface area contributed by atoms with Gasteiger partial charge >= 0.3 is 0 Å². The molecule has 0 aliphatic heterocycles. The molecule has 1 aliphatic carbocycles. The molecule has 90 valence electrons. The predicted molar refractivity (Wildman–Crippen MR) is 68.6 cm³/mol. The Morgan fingerprint density at radius 3 is 2.65 bits per heavy atom. The van der Waals surface area contributed by atoms with E-state index in [1.807, 2.05) is 24.3 Å². The third-order valence-corrected chi connectivity index (χ3v) is 3.45. The molecule has 1 atom stereocenters. The summed E-state index contributed by atoms with van der Waals surface area (Å²) in [5.74, 6) is 0.0849. The highest BCUT2D eigenvalue weighted by Crippen LogP contribution is 2.15. The van der Waals surface area contributed by atoms with Crippen LogP contribution in [0.1, 0.15) is 24.8 Å². The van der Waals surface area contributed by atoms with Gasteiger partial charge in [-0.05, 0) is 30.5 Å². The second-order valence-corrected chi connectivity index (χ2v) is 5.20. The van der Waals surface area contributed by atoms with Gasteiger partial charge in [0, 0.05) is 10.9 Å². The first-order valence-electron chi connectivity index (χ1n) is 5.71. The summed E-state index contributed by atoms with van der Waals surface area (Å²) in [6.45, 7) is 0. The van der Waals surface area contributed by atoms with Crippen molar-refractivity contribution in [1.82, 2.24) is 5.32 Å². The lowest BCUT2D eigenvalue weighted by Crippen LogP contribution is -2.38. The van der Waals surface area contributed by atoms with Crippen LogP contribution in [0.5, 0.6) is 0 Å². The van der Waals surface area contributed by atoms with Crippen LogP contribution in [0.25, 0.3) is 0 Å². The first-order chi connectivity index (χ1) is 8.15. The molecule has 0 radical (unpaired) electrons. The molecule has 1 fully saturated rings. The SMILES string of the molecule is O=C(Cc1ccc(Br)cc1)N[C@@H]1CCCC1=O. The molecule has 1 amide bonds. The van der Waals surface area contributed by atoms with Crippen molar-refractivity contribution in [2.24, 2.45) is 0 Å². The van der Waals surface area contributed by atoms with E-state index in [9.17, 15) is 9.59 Å². The molecule has 0 bridgehead atoms. The predicted octanol–water partition coefficient (Wildman–Crippen LogP) is 2.23. The van der Waals surface area contributed by atoms with E-state index in [0.717, 1.165) is 22.9 Å². The zero-order valence-electron chi connectivity index (χ0n) is 9.41.